The Morgan fingerprint density at radius 2 is 2.03 bits per heavy atom. The maximum atomic E-state index is 11.4. The minimum Gasteiger partial charge on any atom is -0.444 e. The van der Waals surface area contributed by atoms with Gasteiger partial charge >= 0.3 is 6.09 Å². The Labute approximate surface area is 180 Å². The summed E-state index contributed by atoms with van der Waals surface area (Å²) in [6.45, 7) is 10.1. The molecule has 2 rings (SSSR count). The molecule has 1 unspecified atom stereocenters. The van der Waals surface area contributed by atoms with Crippen LogP contribution in [0.2, 0.25) is 0 Å². The lowest BCUT2D eigenvalue weighted by Gasteiger charge is -2.50. The quantitative estimate of drug-likeness (QED) is 0.269. The number of hydrogen-bond acceptors (Lipinski definition) is 10. The first kappa shape index (κ1) is 25.7. The molecule has 0 aromatic carbocycles. The zero-order valence-corrected chi connectivity index (χ0v) is 18.8. The third-order valence-corrected chi connectivity index (χ3v) is 4.53. The number of amides is 3. The predicted molar refractivity (Wildman–Crippen MR) is 107 cm³/mol. The van der Waals surface area contributed by atoms with Crippen LogP contribution in [-0.4, -0.2) is 51.4 Å². The number of nitrogens with zero attached hydrogens (tertiary/aromatic N) is 2. The van der Waals surface area contributed by atoms with Crippen molar-refractivity contribution >= 4 is 53.0 Å². The van der Waals surface area contributed by atoms with Gasteiger partial charge in [-0.3, -0.25) is 19.7 Å². The molecule has 1 aliphatic rings. The van der Waals surface area contributed by atoms with Gasteiger partial charge in [0.1, 0.15) is 17.3 Å². The van der Waals surface area contributed by atoms with E-state index >= 15 is 0 Å². The van der Waals surface area contributed by atoms with Crippen LogP contribution >= 0.6 is 23.7 Å². The van der Waals surface area contributed by atoms with Gasteiger partial charge < -0.3 is 10.1 Å². The molecule has 0 bridgehead atoms. The van der Waals surface area contributed by atoms with Gasteiger partial charge in [0, 0.05) is 12.3 Å². The highest BCUT2D eigenvalue weighted by atomic mass is 32.2. The van der Waals surface area contributed by atoms with Gasteiger partial charge in [0.25, 0.3) is 5.91 Å². The average molecular weight is 467 g/mol. The first-order chi connectivity index (χ1) is 13.8. The average Bonchev–Trinajstić information content (AvgIpc) is 3.07. The zero-order chi connectivity index (χ0) is 23.1. The first-order valence-corrected chi connectivity index (χ1v) is 10.0. The molecular weight excluding hydrogens is 443 g/mol. The monoisotopic (exact) mass is 466 g/mol. The number of carbonyl (C=O) groups excluding carboxylic acids is 4. The van der Waals surface area contributed by atoms with Crippen LogP contribution in [0.15, 0.2) is 5.38 Å². The van der Waals surface area contributed by atoms with Crippen molar-refractivity contribution in [3.05, 3.63) is 11.1 Å². The van der Waals surface area contributed by atoms with E-state index in [2.05, 4.69) is 24.3 Å². The van der Waals surface area contributed by atoms with E-state index in [1.807, 2.05) is 0 Å². The number of rotatable bonds is 7. The maximum Gasteiger partial charge on any atom is 0.413 e. The molecule has 0 aliphatic carbocycles. The Hall–Kier alpha value is -2.29. The number of ether oxygens (including phenoxy) is 1. The number of β-lactam (4-membered cyclic amide) rings is 1. The number of aromatic nitrogens is 1. The fourth-order valence-corrected chi connectivity index (χ4v) is 3.24. The van der Waals surface area contributed by atoms with Gasteiger partial charge in [0.2, 0.25) is 18.7 Å². The van der Waals surface area contributed by atoms with E-state index in [4.69, 9.17) is 4.74 Å². The molecule has 14 heteroatoms. The second-order valence-electron chi connectivity index (χ2n) is 7.43. The second kappa shape index (κ2) is 10.7. The summed E-state index contributed by atoms with van der Waals surface area (Å²) in [4.78, 5) is 47.7. The fraction of sp³-hybridized carbons (Fsp3) is 0.562. The molecule has 1 aliphatic heterocycles. The first-order valence-electron chi connectivity index (χ1n) is 8.45. The van der Waals surface area contributed by atoms with Crippen LogP contribution in [0, 0.1) is 0 Å². The van der Waals surface area contributed by atoms with Crippen molar-refractivity contribution in [3.8, 4) is 0 Å². The number of halogens is 1. The molecule has 0 radical (unpaired) electrons. The van der Waals surface area contributed by atoms with Crippen LogP contribution in [0.1, 0.15) is 52.0 Å². The maximum absolute atomic E-state index is 11.4. The van der Waals surface area contributed by atoms with E-state index < -0.39 is 29.2 Å². The molecule has 1 aromatic heterocycles. The lowest BCUT2D eigenvalue weighted by atomic mass is 9.85. The minimum absolute atomic E-state index is 0.0405. The molecule has 1 saturated heterocycles. The molecule has 3 amide bonds. The summed E-state index contributed by atoms with van der Waals surface area (Å²) in [7, 11) is 0. The number of anilines is 1. The van der Waals surface area contributed by atoms with E-state index in [-0.39, 0.29) is 18.1 Å². The van der Waals surface area contributed by atoms with Gasteiger partial charge in [-0.2, -0.15) is 9.35 Å². The van der Waals surface area contributed by atoms with Gasteiger partial charge in [0.05, 0.1) is 5.54 Å². The molecular formula is C16H23FN4O7S2. The van der Waals surface area contributed by atoms with E-state index in [1.54, 1.807) is 40.0 Å². The molecule has 0 saturated carbocycles. The van der Waals surface area contributed by atoms with Crippen molar-refractivity contribution < 1.29 is 37.1 Å². The molecule has 1 fully saturated rings. The predicted octanol–water partition coefficient (Wildman–Crippen LogP) is 2.81. The van der Waals surface area contributed by atoms with Crippen molar-refractivity contribution in [3.63, 3.8) is 0 Å². The highest BCUT2D eigenvalue weighted by molar-refractivity contribution is 7.89. The smallest absolute Gasteiger partial charge is 0.413 e. The summed E-state index contributed by atoms with van der Waals surface area (Å²) in [6.07, 6.45) is -0.141. The van der Waals surface area contributed by atoms with Gasteiger partial charge in [0.15, 0.2) is 10.9 Å². The summed E-state index contributed by atoms with van der Waals surface area (Å²) in [5.74, 6) is -0.583. The number of hydrogen-bond donors (Lipinski definition) is 2. The third kappa shape index (κ3) is 7.19. The summed E-state index contributed by atoms with van der Waals surface area (Å²) < 4.78 is 24.0. The van der Waals surface area contributed by atoms with Gasteiger partial charge in [-0.15, -0.1) is 11.3 Å². The van der Waals surface area contributed by atoms with Crippen molar-refractivity contribution in [1.29, 1.82) is 0 Å². The molecule has 1 aromatic rings. The summed E-state index contributed by atoms with van der Waals surface area (Å²) in [5.41, 5.74) is -0.926. The van der Waals surface area contributed by atoms with E-state index in [1.165, 1.54) is 18.3 Å². The van der Waals surface area contributed by atoms with Gasteiger partial charge in [-0.25, -0.2) is 9.78 Å². The van der Waals surface area contributed by atoms with Gasteiger partial charge in [-0.05, 0) is 39.1 Å². The highest BCUT2D eigenvalue weighted by Crippen LogP contribution is 2.34. The molecule has 0 spiro atoms. The lowest BCUT2D eigenvalue weighted by molar-refractivity contribution is -0.216. The summed E-state index contributed by atoms with van der Waals surface area (Å²) in [6, 6.07) is -0.653. The number of carbonyl (C=O) groups is 4. The van der Waals surface area contributed by atoms with Crippen LogP contribution in [0.4, 0.5) is 14.5 Å². The standard InChI is InChI=1S/C10H14N2O3S.C6H9FN2O4S/c1-6(13)7-5-16-8(11-7)12-9(14)15-10(2,3)4;1-6(2)4(8-3-10)5(11)9(6)13-14-12-7/h5H,1-4H3,(H,11,12,14);3-4H,1-2H3,(H,8,10). The summed E-state index contributed by atoms with van der Waals surface area (Å²) in [5, 5.41) is 7.68. The Bertz CT molecular complexity index is 782. The van der Waals surface area contributed by atoms with Crippen molar-refractivity contribution in [2.24, 2.45) is 0 Å². The number of Topliss-reactive ketones (excluding diaryl/α,β-unsaturated/α-hetero) is 1. The summed E-state index contributed by atoms with van der Waals surface area (Å²) >= 11 is 1.23. The number of ketones is 1. The fourth-order valence-electron chi connectivity index (χ4n) is 2.16. The second-order valence-corrected chi connectivity index (χ2v) is 8.70. The number of hydroxylamine groups is 2. The van der Waals surface area contributed by atoms with Crippen molar-refractivity contribution in [2.75, 3.05) is 5.32 Å². The number of nitrogens with one attached hydrogen (secondary N) is 2. The number of thiazole rings is 1. The van der Waals surface area contributed by atoms with E-state index in [0.29, 0.717) is 17.2 Å². The largest absolute Gasteiger partial charge is 0.444 e. The minimum atomic E-state index is -0.719. The lowest BCUT2D eigenvalue weighted by Crippen LogP contribution is -2.75. The molecule has 2 N–H and O–H groups in total. The SMILES string of the molecule is CC(=O)c1csc(NC(=O)OC(C)(C)C)n1.CC1(C)C(NC=O)C(=O)N1OSOF. The van der Waals surface area contributed by atoms with Crippen LogP contribution in [0.25, 0.3) is 0 Å². The Morgan fingerprint density at radius 1 is 1.40 bits per heavy atom. The molecule has 30 heavy (non-hydrogen) atoms. The topological polar surface area (TPSA) is 136 Å². The van der Waals surface area contributed by atoms with Crippen LogP contribution in [0.5, 0.6) is 0 Å². The van der Waals surface area contributed by atoms with E-state index in [0.717, 1.165) is 5.06 Å². The van der Waals surface area contributed by atoms with Crippen molar-refractivity contribution in [1.82, 2.24) is 15.4 Å². The van der Waals surface area contributed by atoms with Crippen LogP contribution in [-0.2, 0) is 23.0 Å². The van der Waals surface area contributed by atoms with Gasteiger partial charge in [-0.1, -0.05) is 4.39 Å². The molecule has 11 nitrogen and oxygen atoms in total. The van der Waals surface area contributed by atoms with Crippen LogP contribution < -0.4 is 10.6 Å². The van der Waals surface area contributed by atoms with E-state index in [9.17, 15) is 23.7 Å². The Balaban J connectivity index is 0.000000303. The Kier molecular flexibility index (Phi) is 9.14. The zero-order valence-electron chi connectivity index (χ0n) is 17.2. The van der Waals surface area contributed by atoms with Crippen molar-refractivity contribution in [2.45, 2.75) is 58.7 Å². The third-order valence-electron chi connectivity index (χ3n) is 3.52. The highest BCUT2D eigenvalue weighted by Gasteiger charge is 2.56. The Morgan fingerprint density at radius 3 is 2.47 bits per heavy atom. The molecule has 2 heterocycles. The van der Waals surface area contributed by atoms with Crippen LogP contribution in [0.3, 0.4) is 0 Å². The molecule has 168 valence electrons. The molecule has 1 atom stereocenters. The normalized spacial score (nSPS) is 17.2.